The van der Waals surface area contributed by atoms with Crippen molar-refractivity contribution in [2.45, 2.75) is 44.5 Å². The highest BCUT2D eigenvalue weighted by Crippen LogP contribution is 2.44. The number of rotatable bonds is 6. The smallest absolute Gasteiger partial charge is 0.158 e. The number of aliphatic hydroxyl groups is 1. The van der Waals surface area contributed by atoms with E-state index in [2.05, 4.69) is 10.0 Å². The first-order chi connectivity index (χ1) is 9.19. The number of Topliss-reactive ketones (excluding diaryl/α,β-unsaturated/α-hetero) is 1. The molecule has 2 rings (SSSR count). The van der Waals surface area contributed by atoms with Crippen LogP contribution in [0.4, 0.5) is 0 Å². The summed E-state index contributed by atoms with van der Waals surface area (Å²) in [6, 6.07) is 0. The first-order valence-corrected chi connectivity index (χ1v) is 6.64. The lowest BCUT2D eigenvalue weighted by atomic mass is 9.75. The summed E-state index contributed by atoms with van der Waals surface area (Å²) >= 11 is 0. The quantitative estimate of drug-likeness (QED) is 0.448. The second-order valence-electron chi connectivity index (χ2n) is 5.07. The SMILES string of the molecule is [N-]=[N+]=NCC[C@H](O)[C@@]1(CC2OCCO2)CCCC1=O. The molecule has 0 bridgehead atoms. The number of hydrogen-bond acceptors (Lipinski definition) is 5. The third-order valence-electron chi connectivity index (χ3n) is 4.01. The Bertz CT molecular complexity index is 377. The van der Waals surface area contributed by atoms with E-state index in [0.717, 1.165) is 6.42 Å². The van der Waals surface area contributed by atoms with E-state index in [9.17, 15) is 9.90 Å². The molecule has 0 aromatic carbocycles. The van der Waals surface area contributed by atoms with E-state index in [-0.39, 0.29) is 12.3 Å². The zero-order valence-electron chi connectivity index (χ0n) is 10.8. The first kappa shape index (κ1) is 14.3. The molecule has 2 atom stereocenters. The van der Waals surface area contributed by atoms with Gasteiger partial charge in [-0.3, -0.25) is 4.79 Å². The molecule has 1 aliphatic heterocycles. The van der Waals surface area contributed by atoms with Gasteiger partial charge >= 0.3 is 0 Å². The summed E-state index contributed by atoms with van der Waals surface area (Å²) < 4.78 is 10.8. The summed E-state index contributed by atoms with van der Waals surface area (Å²) in [6.45, 7) is 1.26. The van der Waals surface area contributed by atoms with Gasteiger partial charge in [-0.25, -0.2) is 0 Å². The van der Waals surface area contributed by atoms with Gasteiger partial charge in [-0.15, -0.1) is 0 Å². The van der Waals surface area contributed by atoms with Crippen LogP contribution in [0.25, 0.3) is 10.4 Å². The molecule has 7 nitrogen and oxygen atoms in total. The van der Waals surface area contributed by atoms with Gasteiger partial charge in [0.05, 0.1) is 24.7 Å². The zero-order valence-corrected chi connectivity index (χ0v) is 10.8. The maximum Gasteiger partial charge on any atom is 0.158 e. The summed E-state index contributed by atoms with van der Waals surface area (Å²) in [5.74, 6) is 0.0695. The molecule has 1 heterocycles. The van der Waals surface area contributed by atoms with Gasteiger partial charge in [0.2, 0.25) is 0 Å². The Labute approximate surface area is 111 Å². The second kappa shape index (κ2) is 6.34. The van der Waals surface area contributed by atoms with Crippen LogP contribution in [0.1, 0.15) is 32.1 Å². The molecular formula is C12H19N3O4. The number of carbonyl (C=O) groups is 1. The topological polar surface area (TPSA) is 105 Å². The summed E-state index contributed by atoms with van der Waals surface area (Å²) in [6.07, 6.45) is 1.39. The Morgan fingerprint density at radius 1 is 1.53 bits per heavy atom. The van der Waals surface area contributed by atoms with Gasteiger partial charge in [-0.2, -0.15) is 0 Å². The minimum atomic E-state index is -0.805. The maximum atomic E-state index is 12.2. The average Bonchev–Trinajstić information content (AvgIpc) is 3.02. The fourth-order valence-electron chi connectivity index (χ4n) is 2.98. The summed E-state index contributed by atoms with van der Waals surface area (Å²) in [4.78, 5) is 14.8. The van der Waals surface area contributed by atoms with Crippen LogP contribution < -0.4 is 0 Å². The summed E-state index contributed by atoms with van der Waals surface area (Å²) in [5, 5.41) is 13.8. The Morgan fingerprint density at radius 3 is 2.84 bits per heavy atom. The molecule has 7 heteroatoms. The first-order valence-electron chi connectivity index (χ1n) is 6.64. The fourth-order valence-corrected chi connectivity index (χ4v) is 2.98. The molecule has 0 amide bonds. The Kier molecular flexibility index (Phi) is 4.76. The van der Waals surface area contributed by atoms with E-state index in [1.807, 2.05) is 0 Å². The van der Waals surface area contributed by atoms with Gasteiger partial charge in [0.15, 0.2) is 6.29 Å². The van der Waals surface area contributed by atoms with Crippen molar-refractivity contribution < 1.29 is 19.4 Å². The molecule has 0 spiro atoms. The van der Waals surface area contributed by atoms with E-state index in [0.29, 0.717) is 38.9 Å². The largest absolute Gasteiger partial charge is 0.392 e. The number of aliphatic hydroxyl groups excluding tert-OH is 1. The number of nitrogens with zero attached hydrogens (tertiary/aromatic N) is 3. The third kappa shape index (κ3) is 3.06. The van der Waals surface area contributed by atoms with Gasteiger partial charge in [0, 0.05) is 24.3 Å². The van der Waals surface area contributed by atoms with E-state index >= 15 is 0 Å². The molecule has 0 aromatic rings. The molecule has 19 heavy (non-hydrogen) atoms. The van der Waals surface area contributed by atoms with Crippen LogP contribution in [-0.4, -0.2) is 43.0 Å². The van der Waals surface area contributed by atoms with E-state index in [4.69, 9.17) is 15.0 Å². The normalized spacial score (nSPS) is 29.4. The number of azide groups is 1. The summed E-state index contributed by atoms with van der Waals surface area (Å²) in [7, 11) is 0. The van der Waals surface area contributed by atoms with Crippen LogP contribution in [0.2, 0.25) is 0 Å². The number of ether oxygens (including phenoxy) is 2. The van der Waals surface area contributed by atoms with Gasteiger partial charge in [-0.05, 0) is 24.8 Å². The van der Waals surface area contributed by atoms with Crippen LogP contribution in [0.3, 0.4) is 0 Å². The highest BCUT2D eigenvalue weighted by molar-refractivity contribution is 5.87. The minimum Gasteiger partial charge on any atom is -0.392 e. The zero-order chi connectivity index (χ0) is 13.7. The maximum absolute atomic E-state index is 12.2. The van der Waals surface area contributed by atoms with Crippen molar-refractivity contribution >= 4 is 5.78 Å². The lowest BCUT2D eigenvalue weighted by Crippen LogP contribution is -2.42. The van der Waals surface area contributed by atoms with Crippen molar-refractivity contribution in [3.63, 3.8) is 0 Å². The van der Waals surface area contributed by atoms with Crippen molar-refractivity contribution in [3.05, 3.63) is 10.4 Å². The number of carbonyl (C=O) groups excluding carboxylic acids is 1. The van der Waals surface area contributed by atoms with Gasteiger partial charge in [0.25, 0.3) is 0 Å². The second-order valence-corrected chi connectivity index (χ2v) is 5.07. The molecule has 2 fully saturated rings. The molecular weight excluding hydrogens is 250 g/mol. The van der Waals surface area contributed by atoms with Crippen molar-refractivity contribution in [1.29, 1.82) is 0 Å². The van der Waals surface area contributed by atoms with Crippen molar-refractivity contribution in [1.82, 2.24) is 0 Å². The van der Waals surface area contributed by atoms with Crippen molar-refractivity contribution in [2.75, 3.05) is 19.8 Å². The molecule has 1 saturated heterocycles. The van der Waals surface area contributed by atoms with Crippen LogP contribution in [0.15, 0.2) is 5.11 Å². The molecule has 0 aromatic heterocycles. The minimum absolute atomic E-state index is 0.0695. The average molecular weight is 269 g/mol. The van der Waals surface area contributed by atoms with Crippen LogP contribution in [0, 0.1) is 5.41 Å². The molecule has 106 valence electrons. The highest BCUT2D eigenvalue weighted by atomic mass is 16.7. The highest BCUT2D eigenvalue weighted by Gasteiger charge is 2.49. The predicted octanol–water partition coefficient (Wildman–Crippen LogP) is 1.55. The molecule has 1 N–H and O–H groups in total. The van der Waals surface area contributed by atoms with Crippen molar-refractivity contribution in [3.8, 4) is 0 Å². The standard InChI is InChI=1S/C12H19N3O4/c13-15-14-5-3-10(17)12(4-1-2-9(12)16)8-11-18-6-7-19-11/h10-11,17H,1-8H2/t10-,12+/m0/s1. The van der Waals surface area contributed by atoms with Gasteiger partial charge in [0.1, 0.15) is 5.78 Å². The van der Waals surface area contributed by atoms with Crippen LogP contribution >= 0.6 is 0 Å². The summed E-state index contributed by atoms with van der Waals surface area (Å²) in [5.41, 5.74) is 7.47. The fraction of sp³-hybridized carbons (Fsp3) is 0.917. The number of ketones is 1. The van der Waals surface area contributed by atoms with Gasteiger partial charge < -0.3 is 14.6 Å². The monoisotopic (exact) mass is 269 g/mol. The van der Waals surface area contributed by atoms with E-state index in [1.165, 1.54) is 0 Å². The van der Waals surface area contributed by atoms with Crippen LogP contribution in [0.5, 0.6) is 0 Å². The third-order valence-corrected chi connectivity index (χ3v) is 4.01. The molecule has 1 saturated carbocycles. The predicted molar refractivity (Wildman–Crippen MR) is 66.2 cm³/mol. The molecule has 1 aliphatic carbocycles. The van der Waals surface area contributed by atoms with Gasteiger partial charge in [-0.1, -0.05) is 5.11 Å². The molecule has 2 aliphatic rings. The lowest BCUT2D eigenvalue weighted by Gasteiger charge is -2.34. The van der Waals surface area contributed by atoms with E-state index < -0.39 is 17.8 Å². The van der Waals surface area contributed by atoms with Crippen molar-refractivity contribution in [2.24, 2.45) is 10.5 Å². The Balaban J connectivity index is 2.05. The molecule has 0 unspecified atom stereocenters. The molecule has 0 radical (unpaired) electrons. The van der Waals surface area contributed by atoms with E-state index in [1.54, 1.807) is 0 Å². The number of hydrogen-bond donors (Lipinski definition) is 1. The Hall–Kier alpha value is -1.14. The van der Waals surface area contributed by atoms with Crippen LogP contribution in [-0.2, 0) is 14.3 Å². The Morgan fingerprint density at radius 2 is 2.26 bits per heavy atom. The lowest BCUT2D eigenvalue weighted by molar-refractivity contribution is -0.143.